The molecule has 2 fully saturated rings. The molecule has 5 rings (SSSR count). The van der Waals surface area contributed by atoms with Crippen LogP contribution in [-0.2, 0) is 16.6 Å². The molecule has 4 aliphatic rings. The van der Waals surface area contributed by atoms with Crippen LogP contribution in [0.25, 0.3) is 0 Å². The van der Waals surface area contributed by atoms with Gasteiger partial charge in [-0.1, -0.05) is 13.0 Å². The van der Waals surface area contributed by atoms with E-state index in [-0.39, 0.29) is 35.3 Å². The average Bonchev–Trinajstić information content (AvgIpc) is 3.48. The second-order valence-electron chi connectivity index (χ2n) is 15.0. The Kier molecular flexibility index (Phi) is 11.3. The van der Waals surface area contributed by atoms with Crippen LogP contribution in [0.1, 0.15) is 84.6 Å². The van der Waals surface area contributed by atoms with Crippen molar-refractivity contribution in [3.05, 3.63) is 52.9 Å². The number of aromatic nitrogens is 2. The van der Waals surface area contributed by atoms with Crippen molar-refractivity contribution in [2.75, 3.05) is 45.8 Å². The molecule has 2 saturated heterocycles. The lowest BCUT2D eigenvalue weighted by molar-refractivity contribution is -0.128. The molecule has 0 aromatic carbocycles. The maximum atomic E-state index is 15.6. The van der Waals surface area contributed by atoms with Gasteiger partial charge in [-0.05, 0) is 77.0 Å². The van der Waals surface area contributed by atoms with Crippen LogP contribution >= 0.6 is 0 Å². The van der Waals surface area contributed by atoms with Crippen molar-refractivity contribution in [1.29, 1.82) is 0 Å². The smallest absolute Gasteiger partial charge is 0.410 e. The Balaban J connectivity index is 1.16. The van der Waals surface area contributed by atoms with Crippen LogP contribution in [0.2, 0.25) is 0 Å². The number of nitrogens with two attached hydrogens (primary N) is 1. The minimum absolute atomic E-state index is 0.0148. The lowest BCUT2D eigenvalue weighted by Gasteiger charge is -2.37. The number of amidine groups is 1. The highest BCUT2D eigenvalue weighted by molar-refractivity contribution is 5.99. The van der Waals surface area contributed by atoms with Gasteiger partial charge in [0.1, 0.15) is 17.3 Å². The molecule has 1 aromatic rings. The summed E-state index contributed by atoms with van der Waals surface area (Å²) in [5.41, 5.74) is 9.11. The zero-order valence-corrected chi connectivity index (χ0v) is 29.7. The molecule has 0 radical (unpaired) electrons. The standard InChI is InChI=1S/C36H55FN8O3/c1-24-29(27-21-39-42(6)22-27)7-8-32(33(24)37)41-34(38)30-23-45(25(2)46)20-14-31(30)40-28-12-16-43(17-13-28)15-9-26-10-18-44(19-11-26)35(47)48-36(3,4)5/h7-8,21-22,24,26,28-29,40H,9-20,23H2,1-6H3,(H2,38,41). The fourth-order valence-electron chi connectivity index (χ4n) is 7.20. The third-order valence-electron chi connectivity index (χ3n) is 10.2. The number of ether oxygens (including phenoxy) is 1. The van der Waals surface area contributed by atoms with Crippen LogP contribution in [0.3, 0.4) is 0 Å². The third-order valence-corrected chi connectivity index (χ3v) is 10.2. The van der Waals surface area contributed by atoms with E-state index in [4.69, 9.17) is 10.5 Å². The number of carbonyl (C=O) groups excluding carboxylic acids is 2. The molecular formula is C36H55FN8O3. The Morgan fingerprint density at radius 1 is 1.10 bits per heavy atom. The molecule has 1 aromatic heterocycles. The molecule has 0 saturated carbocycles. The number of rotatable bonds is 8. The van der Waals surface area contributed by atoms with Crippen molar-refractivity contribution >= 4 is 17.8 Å². The van der Waals surface area contributed by atoms with Crippen LogP contribution in [0, 0.1) is 11.8 Å². The van der Waals surface area contributed by atoms with E-state index in [2.05, 4.69) is 20.3 Å². The Morgan fingerprint density at radius 3 is 2.44 bits per heavy atom. The number of hydrogen-bond acceptors (Lipinski definition) is 7. The number of carbonyl (C=O) groups is 2. The summed E-state index contributed by atoms with van der Waals surface area (Å²) < 4.78 is 22.9. The van der Waals surface area contributed by atoms with Crippen molar-refractivity contribution in [2.24, 2.45) is 29.6 Å². The van der Waals surface area contributed by atoms with E-state index >= 15 is 4.39 Å². The normalized spacial score (nSPS) is 24.0. The highest BCUT2D eigenvalue weighted by Crippen LogP contribution is 2.38. The molecule has 3 aliphatic heterocycles. The first-order valence-corrected chi connectivity index (χ1v) is 17.6. The number of nitrogens with one attached hydrogen (secondary N) is 1. The Hall–Kier alpha value is -3.67. The van der Waals surface area contributed by atoms with Gasteiger partial charge >= 0.3 is 6.09 Å². The van der Waals surface area contributed by atoms with Gasteiger partial charge in [-0.3, -0.25) is 9.48 Å². The van der Waals surface area contributed by atoms with Crippen molar-refractivity contribution in [3.63, 3.8) is 0 Å². The van der Waals surface area contributed by atoms with E-state index in [0.29, 0.717) is 31.5 Å². The van der Waals surface area contributed by atoms with Gasteiger partial charge in [-0.2, -0.15) is 5.10 Å². The average molecular weight is 667 g/mol. The van der Waals surface area contributed by atoms with Crippen molar-refractivity contribution in [2.45, 2.75) is 90.7 Å². The highest BCUT2D eigenvalue weighted by Gasteiger charge is 2.31. The molecule has 2 atom stereocenters. The lowest BCUT2D eigenvalue weighted by Crippen LogP contribution is -2.46. The number of aryl methyl sites for hydroxylation is 1. The Morgan fingerprint density at radius 2 is 1.81 bits per heavy atom. The molecule has 0 spiro atoms. The van der Waals surface area contributed by atoms with Gasteiger partial charge in [0, 0.05) is 88.5 Å². The summed E-state index contributed by atoms with van der Waals surface area (Å²) in [6, 6.07) is 0.297. The predicted molar refractivity (Wildman–Crippen MR) is 186 cm³/mol. The molecule has 3 N–H and O–H groups in total. The molecule has 11 nitrogen and oxygen atoms in total. The van der Waals surface area contributed by atoms with Crippen LogP contribution in [-0.4, -0.2) is 99.8 Å². The number of nitrogens with zero attached hydrogens (tertiary/aromatic N) is 6. The highest BCUT2D eigenvalue weighted by atomic mass is 19.1. The summed E-state index contributed by atoms with van der Waals surface area (Å²) in [4.78, 5) is 35.5. The summed E-state index contributed by atoms with van der Waals surface area (Å²) in [6.45, 7) is 14.7. The first-order chi connectivity index (χ1) is 22.8. The number of amides is 2. The van der Waals surface area contributed by atoms with Crippen molar-refractivity contribution < 1.29 is 18.7 Å². The SMILES string of the molecule is CC(=O)N1CCC(NC2CCN(CCC3CCN(C(=O)OC(C)(C)C)CC3)CC2)=C(C(N)=NC2=C(F)C(C)C(c3cnn(C)c3)C=C2)C1. The fourth-order valence-corrected chi connectivity index (χ4v) is 7.20. The van der Waals surface area contributed by atoms with Crippen molar-refractivity contribution in [3.8, 4) is 0 Å². The summed E-state index contributed by atoms with van der Waals surface area (Å²) in [5.74, 6) is 0.0436. The second kappa shape index (κ2) is 15.3. The van der Waals surface area contributed by atoms with Crippen LogP contribution in [0.15, 0.2) is 52.3 Å². The van der Waals surface area contributed by atoms with E-state index < -0.39 is 11.5 Å². The Labute approximate surface area is 285 Å². The van der Waals surface area contributed by atoms with Gasteiger partial charge in [-0.25, -0.2) is 14.2 Å². The number of halogens is 1. The molecule has 2 amide bonds. The third kappa shape index (κ3) is 9.06. The summed E-state index contributed by atoms with van der Waals surface area (Å²) in [7, 11) is 1.85. The van der Waals surface area contributed by atoms with Gasteiger partial charge in [0.05, 0.1) is 18.4 Å². The van der Waals surface area contributed by atoms with E-state index in [0.717, 1.165) is 81.7 Å². The first-order valence-electron chi connectivity index (χ1n) is 17.6. The van der Waals surface area contributed by atoms with Crippen molar-refractivity contribution in [1.82, 2.24) is 29.8 Å². The minimum atomic E-state index is -0.465. The molecule has 264 valence electrons. The zero-order valence-electron chi connectivity index (χ0n) is 29.7. The van der Waals surface area contributed by atoms with Gasteiger partial charge in [0.25, 0.3) is 0 Å². The van der Waals surface area contributed by atoms with E-state index in [1.165, 1.54) is 0 Å². The minimum Gasteiger partial charge on any atom is -0.444 e. The topological polar surface area (TPSA) is 121 Å². The number of allylic oxidation sites excluding steroid dienone is 3. The monoisotopic (exact) mass is 666 g/mol. The Bertz CT molecular complexity index is 1440. The van der Waals surface area contributed by atoms with E-state index in [9.17, 15) is 9.59 Å². The lowest BCUT2D eigenvalue weighted by atomic mass is 9.84. The summed E-state index contributed by atoms with van der Waals surface area (Å²) in [5, 5.41) is 8.00. The molecule has 2 unspecified atom stereocenters. The summed E-state index contributed by atoms with van der Waals surface area (Å²) in [6.07, 6.45) is 13.0. The van der Waals surface area contributed by atoms with E-state index in [1.807, 2.05) is 51.9 Å². The first kappa shape index (κ1) is 35.6. The molecular weight excluding hydrogens is 611 g/mol. The summed E-state index contributed by atoms with van der Waals surface area (Å²) >= 11 is 0. The molecule has 0 bridgehead atoms. The zero-order chi connectivity index (χ0) is 34.6. The maximum absolute atomic E-state index is 15.6. The number of likely N-dealkylation sites (tertiary alicyclic amines) is 2. The molecule has 1 aliphatic carbocycles. The maximum Gasteiger partial charge on any atom is 0.410 e. The number of hydrogen-bond donors (Lipinski definition) is 2. The molecule has 4 heterocycles. The van der Waals surface area contributed by atoms with Gasteiger partial charge in [-0.15, -0.1) is 0 Å². The van der Waals surface area contributed by atoms with Gasteiger partial charge in [0.2, 0.25) is 5.91 Å². The number of piperidine rings is 2. The van der Waals surface area contributed by atoms with Gasteiger partial charge in [0.15, 0.2) is 0 Å². The van der Waals surface area contributed by atoms with E-state index in [1.54, 1.807) is 28.8 Å². The second-order valence-corrected chi connectivity index (χ2v) is 15.0. The fraction of sp³-hybridized carbons (Fsp3) is 0.667. The van der Waals surface area contributed by atoms with Crippen LogP contribution < -0.4 is 11.1 Å². The molecule has 12 heteroatoms. The van der Waals surface area contributed by atoms with Crippen LogP contribution in [0.5, 0.6) is 0 Å². The number of aliphatic imine (C=N–C) groups is 1. The largest absolute Gasteiger partial charge is 0.444 e. The van der Waals surface area contributed by atoms with Gasteiger partial charge < -0.3 is 30.5 Å². The van der Waals surface area contributed by atoms with Crippen LogP contribution in [0.4, 0.5) is 9.18 Å². The predicted octanol–water partition coefficient (Wildman–Crippen LogP) is 4.85. The molecule has 48 heavy (non-hydrogen) atoms. The quantitative estimate of drug-likeness (QED) is 0.301.